The molecular weight excluding hydrogens is 278 g/mol. The maximum absolute atomic E-state index is 12.6. The third-order valence-electron chi connectivity index (χ3n) is 3.35. The van der Waals surface area contributed by atoms with E-state index in [0.717, 1.165) is 12.1 Å². The number of nitrogens with zero attached hydrogens (tertiary/aromatic N) is 1. The van der Waals surface area contributed by atoms with E-state index in [4.69, 9.17) is 0 Å². The van der Waals surface area contributed by atoms with Crippen molar-refractivity contribution in [3.8, 4) is 0 Å². The highest BCUT2D eigenvalue weighted by Crippen LogP contribution is 2.30. The van der Waals surface area contributed by atoms with Gasteiger partial charge < -0.3 is 0 Å². The molecule has 3 nitrogen and oxygen atoms in total. The second-order valence-corrected chi connectivity index (χ2v) is 4.72. The number of rotatable bonds is 3. The van der Waals surface area contributed by atoms with Crippen molar-refractivity contribution in [1.29, 1.82) is 0 Å². The first-order valence-electron chi connectivity index (χ1n) is 6.14. The molecule has 1 saturated heterocycles. The quantitative estimate of drug-likeness (QED) is 0.801. The molecule has 0 bridgehead atoms. The molecular formula is C13H13F4NO2. The Morgan fingerprint density at radius 2 is 2.15 bits per heavy atom. The summed E-state index contributed by atoms with van der Waals surface area (Å²) in [5.74, 6) is -0.991. The highest BCUT2D eigenvalue weighted by Gasteiger charge is 2.34. The topological polar surface area (TPSA) is 29.5 Å². The Labute approximate surface area is 113 Å². The number of hydrogen-bond acceptors (Lipinski definition) is 3. The largest absolute Gasteiger partial charge is 0.416 e. The normalized spacial score (nSPS) is 20.1. The summed E-state index contributed by atoms with van der Waals surface area (Å²) in [6.45, 7) is 0.680. The fraction of sp³-hybridized carbons (Fsp3) is 0.462. The van der Waals surface area contributed by atoms with Gasteiger partial charge in [0.15, 0.2) is 0 Å². The third-order valence-corrected chi connectivity index (χ3v) is 3.35. The number of alkyl halides is 3. The van der Waals surface area contributed by atoms with Gasteiger partial charge in [-0.25, -0.2) is 4.79 Å². The van der Waals surface area contributed by atoms with Crippen molar-refractivity contribution >= 4 is 5.97 Å². The SMILES string of the molecule is O=C(OF)C1CCCN1Cc1cccc(C(F)(F)F)c1. The molecule has 20 heavy (non-hydrogen) atoms. The molecule has 1 heterocycles. The van der Waals surface area contributed by atoms with Crippen LogP contribution in [0, 0.1) is 0 Å². The lowest BCUT2D eigenvalue weighted by atomic mass is 10.1. The minimum absolute atomic E-state index is 0.156. The number of carbonyl (C=O) groups excluding carboxylic acids is 1. The van der Waals surface area contributed by atoms with Gasteiger partial charge in [0.2, 0.25) is 0 Å². The summed E-state index contributed by atoms with van der Waals surface area (Å²) in [6.07, 6.45) is -3.28. The Hall–Kier alpha value is -1.63. The average Bonchev–Trinajstić information content (AvgIpc) is 2.85. The Kier molecular flexibility index (Phi) is 4.27. The average molecular weight is 291 g/mol. The zero-order valence-corrected chi connectivity index (χ0v) is 10.5. The molecule has 7 heteroatoms. The maximum Gasteiger partial charge on any atom is 0.416 e. The van der Waals surface area contributed by atoms with E-state index >= 15 is 0 Å². The Bertz CT molecular complexity index is 490. The van der Waals surface area contributed by atoms with Crippen LogP contribution in [0.15, 0.2) is 24.3 Å². The summed E-state index contributed by atoms with van der Waals surface area (Å²) in [5, 5.41) is 0. The van der Waals surface area contributed by atoms with Crippen LogP contribution in [0.2, 0.25) is 0 Å². The molecule has 1 fully saturated rings. The molecule has 0 aliphatic carbocycles. The van der Waals surface area contributed by atoms with Crippen molar-refractivity contribution in [2.75, 3.05) is 6.54 Å². The second-order valence-electron chi connectivity index (χ2n) is 4.72. The molecule has 1 aromatic rings. The van der Waals surface area contributed by atoms with Gasteiger partial charge in [-0.3, -0.25) is 9.84 Å². The number of likely N-dealkylation sites (tertiary alicyclic amines) is 1. The van der Waals surface area contributed by atoms with Gasteiger partial charge in [-0.2, -0.15) is 13.2 Å². The Morgan fingerprint density at radius 1 is 1.40 bits per heavy atom. The molecule has 110 valence electrons. The molecule has 0 amide bonds. The Balaban J connectivity index is 2.12. The Morgan fingerprint density at radius 3 is 2.80 bits per heavy atom. The van der Waals surface area contributed by atoms with Gasteiger partial charge in [0.25, 0.3) is 0 Å². The molecule has 1 atom stereocenters. The second kappa shape index (κ2) is 5.78. The van der Waals surface area contributed by atoms with Crippen LogP contribution in [-0.2, 0) is 22.5 Å². The standard InChI is InChI=1S/C13H13F4NO2/c14-13(15,16)10-4-1-3-9(7-10)8-18-6-2-5-11(18)12(19)20-17/h1,3-4,7,11H,2,5-6,8H2. The minimum Gasteiger partial charge on any atom is -0.286 e. The van der Waals surface area contributed by atoms with Crippen LogP contribution in [0.1, 0.15) is 24.0 Å². The van der Waals surface area contributed by atoms with Gasteiger partial charge in [0.1, 0.15) is 6.04 Å². The van der Waals surface area contributed by atoms with Crippen LogP contribution in [0.4, 0.5) is 17.7 Å². The molecule has 2 rings (SSSR count). The maximum atomic E-state index is 12.6. The van der Waals surface area contributed by atoms with Crippen molar-refractivity contribution in [2.45, 2.75) is 31.6 Å². The molecule has 1 unspecified atom stereocenters. The van der Waals surface area contributed by atoms with Crippen LogP contribution in [0.5, 0.6) is 0 Å². The highest BCUT2D eigenvalue weighted by molar-refractivity contribution is 5.75. The van der Waals surface area contributed by atoms with E-state index in [0.29, 0.717) is 24.9 Å². The van der Waals surface area contributed by atoms with Gasteiger partial charge in [0, 0.05) is 11.1 Å². The molecule has 1 aliphatic heterocycles. The minimum atomic E-state index is -4.40. The predicted octanol–water partition coefficient (Wildman–Crippen LogP) is 3.10. The fourth-order valence-corrected chi connectivity index (χ4v) is 2.41. The number of halogens is 4. The first kappa shape index (κ1) is 14.8. The zero-order chi connectivity index (χ0) is 14.8. The van der Waals surface area contributed by atoms with E-state index in [9.17, 15) is 22.5 Å². The van der Waals surface area contributed by atoms with Gasteiger partial charge in [-0.1, -0.05) is 18.2 Å². The van der Waals surface area contributed by atoms with Gasteiger partial charge in [-0.15, -0.1) is 0 Å². The van der Waals surface area contributed by atoms with Gasteiger partial charge in [0.05, 0.1) is 5.56 Å². The number of carbonyl (C=O) groups is 1. The van der Waals surface area contributed by atoms with Crippen LogP contribution in [-0.4, -0.2) is 23.5 Å². The van der Waals surface area contributed by atoms with E-state index in [1.54, 1.807) is 11.0 Å². The van der Waals surface area contributed by atoms with E-state index in [1.807, 2.05) is 0 Å². The molecule has 0 saturated carbocycles. The lowest BCUT2D eigenvalue weighted by Gasteiger charge is -2.21. The monoisotopic (exact) mass is 291 g/mol. The number of benzene rings is 1. The molecule has 0 aromatic heterocycles. The van der Waals surface area contributed by atoms with Gasteiger partial charge in [-0.05, 0) is 31.0 Å². The summed E-state index contributed by atoms with van der Waals surface area (Å²) in [4.78, 5) is 16.1. The summed E-state index contributed by atoms with van der Waals surface area (Å²) < 4.78 is 49.8. The first-order valence-corrected chi connectivity index (χ1v) is 6.14. The van der Waals surface area contributed by atoms with E-state index < -0.39 is 23.8 Å². The van der Waals surface area contributed by atoms with Crippen LogP contribution < -0.4 is 0 Å². The lowest BCUT2D eigenvalue weighted by molar-refractivity contribution is -0.189. The molecule has 0 spiro atoms. The van der Waals surface area contributed by atoms with Crippen molar-refractivity contribution in [3.63, 3.8) is 0 Å². The van der Waals surface area contributed by atoms with E-state index in [1.165, 1.54) is 6.07 Å². The van der Waals surface area contributed by atoms with E-state index in [2.05, 4.69) is 4.94 Å². The highest BCUT2D eigenvalue weighted by atomic mass is 19.4. The molecule has 1 aromatic carbocycles. The number of hydrogen-bond donors (Lipinski definition) is 0. The lowest BCUT2D eigenvalue weighted by Crippen LogP contribution is -2.35. The smallest absolute Gasteiger partial charge is 0.286 e. The van der Waals surface area contributed by atoms with Crippen molar-refractivity contribution < 1.29 is 27.4 Å². The van der Waals surface area contributed by atoms with Crippen LogP contribution in [0.3, 0.4) is 0 Å². The van der Waals surface area contributed by atoms with Crippen molar-refractivity contribution in [2.24, 2.45) is 0 Å². The van der Waals surface area contributed by atoms with Crippen molar-refractivity contribution in [3.05, 3.63) is 35.4 Å². The molecule has 0 radical (unpaired) electrons. The first-order chi connectivity index (χ1) is 9.41. The van der Waals surface area contributed by atoms with Crippen LogP contribution in [0.25, 0.3) is 0 Å². The summed E-state index contributed by atoms with van der Waals surface area (Å²) in [5.41, 5.74) is -0.308. The molecule has 0 N–H and O–H groups in total. The van der Waals surface area contributed by atoms with E-state index in [-0.39, 0.29) is 6.54 Å². The summed E-state index contributed by atoms with van der Waals surface area (Å²) in [7, 11) is 0. The molecule has 1 aliphatic rings. The predicted molar refractivity (Wildman–Crippen MR) is 62.1 cm³/mol. The summed E-state index contributed by atoms with van der Waals surface area (Å²) in [6, 6.07) is 4.16. The van der Waals surface area contributed by atoms with Crippen LogP contribution >= 0.6 is 0 Å². The van der Waals surface area contributed by atoms with Gasteiger partial charge >= 0.3 is 12.1 Å². The fourth-order valence-electron chi connectivity index (χ4n) is 2.41. The van der Waals surface area contributed by atoms with Crippen molar-refractivity contribution in [1.82, 2.24) is 4.90 Å². The zero-order valence-electron chi connectivity index (χ0n) is 10.5. The summed E-state index contributed by atoms with van der Waals surface area (Å²) >= 11 is 0. The third kappa shape index (κ3) is 3.27.